The van der Waals surface area contributed by atoms with Crippen molar-refractivity contribution in [3.63, 3.8) is 0 Å². The van der Waals surface area contributed by atoms with Gasteiger partial charge in [-0.1, -0.05) is 11.6 Å². The van der Waals surface area contributed by atoms with E-state index >= 15 is 0 Å². The topological polar surface area (TPSA) is 59.5 Å². The molecule has 1 saturated heterocycles. The zero-order valence-corrected chi connectivity index (χ0v) is 16.4. The molecule has 1 amide bonds. The van der Waals surface area contributed by atoms with Crippen molar-refractivity contribution in [2.75, 3.05) is 13.1 Å². The minimum atomic E-state index is -0.0698. The predicted octanol–water partition coefficient (Wildman–Crippen LogP) is 4.14. The van der Waals surface area contributed by atoms with Crippen LogP contribution in [0.15, 0.2) is 47.1 Å². The second-order valence-electron chi connectivity index (χ2n) is 6.11. The van der Waals surface area contributed by atoms with Gasteiger partial charge in [0.2, 0.25) is 11.8 Å². The van der Waals surface area contributed by atoms with Gasteiger partial charge in [-0.25, -0.2) is 4.98 Å². The Morgan fingerprint density at radius 1 is 1.19 bits per heavy atom. The lowest BCUT2D eigenvalue weighted by atomic mass is 10.1. The minimum absolute atomic E-state index is 0.0258. The summed E-state index contributed by atoms with van der Waals surface area (Å²) in [4.78, 5) is 30.4. The van der Waals surface area contributed by atoms with Crippen LogP contribution in [0.25, 0.3) is 0 Å². The van der Waals surface area contributed by atoms with Gasteiger partial charge >= 0.3 is 0 Å². The normalized spacial score (nSPS) is 16.5. The van der Waals surface area contributed by atoms with Crippen LogP contribution < -0.4 is 4.74 Å². The fourth-order valence-electron chi connectivity index (χ4n) is 2.81. The number of likely N-dealkylation sites (tertiary alicyclic amines) is 1. The highest BCUT2D eigenvalue weighted by atomic mass is 79.9. The van der Waals surface area contributed by atoms with Gasteiger partial charge in [-0.2, -0.15) is 0 Å². The number of hydrogen-bond acceptors (Lipinski definition) is 4. The third kappa shape index (κ3) is 5.05. The van der Waals surface area contributed by atoms with E-state index in [1.165, 1.54) is 0 Å². The number of halogens is 2. The van der Waals surface area contributed by atoms with Crippen molar-refractivity contribution in [2.24, 2.45) is 0 Å². The molecule has 1 aromatic carbocycles. The lowest BCUT2D eigenvalue weighted by Crippen LogP contribution is -2.31. The monoisotopic (exact) mass is 436 g/mol. The van der Waals surface area contributed by atoms with Gasteiger partial charge in [0.25, 0.3) is 0 Å². The Labute approximate surface area is 165 Å². The lowest BCUT2D eigenvalue weighted by Gasteiger charge is -2.17. The maximum absolute atomic E-state index is 12.4. The molecule has 0 radical (unpaired) electrons. The highest BCUT2D eigenvalue weighted by molar-refractivity contribution is 9.10. The first kappa shape index (κ1) is 18.9. The fourth-order valence-corrected chi connectivity index (χ4v) is 3.17. The number of amides is 1. The number of hydrogen-bond donors (Lipinski definition) is 0. The summed E-state index contributed by atoms with van der Waals surface area (Å²) < 4.78 is 6.70. The molecule has 3 rings (SSSR count). The summed E-state index contributed by atoms with van der Waals surface area (Å²) in [7, 11) is 0. The molecule has 0 aliphatic carbocycles. The van der Waals surface area contributed by atoms with Crippen LogP contribution in [0.5, 0.6) is 5.88 Å². The van der Waals surface area contributed by atoms with Crippen LogP contribution in [-0.2, 0) is 4.79 Å². The largest absolute Gasteiger partial charge is 0.472 e. The molecule has 5 nitrogen and oxygen atoms in total. The number of Topliss-reactive ketones (excluding diaryl/α,β-unsaturated/α-hetero) is 1. The standard InChI is InChI=1S/C19H18BrClN2O3/c20-14-3-7-18(22-11-14)26-16-9-10-23(12-16)19(25)8-6-17(24)13-1-4-15(21)5-2-13/h1-5,7,11,16H,6,8-10,12H2/t16-/m1/s1. The van der Waals surface area contributed by atoms with Crippen molar-refractivity contribution in [1.82, 2.24) is 9.88 Å². The summed E-state index contributed by atoms with van der Waals surface area (Å²) in [5.41, 5.74) is 0.575. The zero-order valence-electron chi connectivity index (χ0n) is 14.0. The molecular formula is C19H18BrClN2O3. The number of rotatable bonds is 6. The number of aromatic nitrogens is 1. The number of ether oxygens (including phenoxy) is 1. The van der Waals surface area contributed by atoms with Gasteiger partial charge < -0.3 is 9.64 Å². The minimum Gasteiger partial charge on any atom is -0.472 e. The van der Waals surface area contributed by atoms with E-state index in [0.29, 0.717) is 29.6 Å². The van der Waals surface area contributed by atoms with Crippen LogP contribution in [0.2, 0.25) is 5.02 Å². The van der Waals surface area contributed by atoms with Gasteiger partial charge in [0.1, 0.15) is 6.10 Å². The number of nitrogens with zero attached hydrogens (tertiary/aromatic N) is 2. The highest BCUT2D eigenvalue weighted by Gasteiger charge is 2.28. The molecule has 0 unspecified atom stereocenters. The van der Waals surface area contributed by atoms with Crippen molar-refractivity contribution in [1.29, 1.82) is 0 Å². The molecule has 1 aromatic heterocycles. The van der Waals surface area contributed by atoms with Crippen LogP contribution in [0, 0.1) is 0 Å². The Kier molecular flexibility index (Phi) is 6.27. The summed E-state index contributed by atoms with van der Waals surface area (Å²) in [5, 5.41) is 0.584. The van der Waals surface area contributed by atoms with Gasteiger partial charge in [0.15, 0.2) is 5.78 Å². The van der Waals surface area contributed by atoms with E-state index in [9.17, 15) is 9.59 Å². The van der Waals surface area contributed by atoms with Gasteiger partial charge in [-0.3, -0.25) is 9.59 Å². The second kappa shape index (κ2) is 8.64. The van der Waals surface area contributed by atoms with E-state index < -0.39 is 0 Å². The average Bonchev–Trinajstić information content (AvgIpc) is 3.10. The second-order valence-corrected chi connectivity index (χ2v) is 7.47. The quantitative estimate of drug-likeness (QED) is 0.637. The van der Waals surface area contributed by atoms with Crippen molar-refractivity contribution >= 4 is 39.2 Å². The van der Waals surface area contributed by atoms with Crippen LogP contribution in [-0.4, -0.2) is 40.8 Å². The molecule has 1 fully saturated rings. The molecule has 2 aromatic rings. The summed E-state index contributed by atoms with van der Waals surface area (Å²) in [6.07, 6.45) is 2.76. The van der Waals surface area contributed by atoms with Crippen molar-refractivity contribution in [3.05, 3.63) is 57.7 Å². The first-order valence-corrected chi connectivity index (χ1v) is 9.53. The molecule has 2 heterocycles. The Morgan fingerprint density at radius 2 is 1.96 bits per heavy atom. The first-order chi connectivity index (χ1) is 12.5. The van der Waals surface area contributed by atoms with Gasteiger partial charge in [0, 0.05) is 53.1 Å². The van der Waals surface area contributed by atoms with E-state index in [1.807, 2.05) is 6.07 Å². The first-order valence-electron chi connectivity index (χ1n) is 8.36. The number of pyridine rings is 1. The van der Waals surface area contributed by atoms with Gasteiger partial charge in [-0.05, 0) is 46.3 Å². The van der Waals surface area contributed by atoms with Gasteiger partial charge in [0.05, 0.1) is 6.54 Å². The van der Waals surface area contributed by atoms with Crippen molar-refractivity contribution in [2.45, 2.75) is 25.4 Å². The fraction of sp³-hybridized carbons (Fsp3) is 0.316. The highest BCUT2D eigenvalue weighted by Crippen LogP contribution is 2.19. The summed E-state index contributed by atoms with van der Waals surface area (Å²) >= 11 is 9.15. The zero-order chi connectivity index (χ0) is 18.5. The van der Waals surface area contributed by atoms with E-state index in [2.05, 4.69) is 20.9 Å². The molecule has 0 spiro atoms. The number of carbonyl (C=O) groups is 2. The van der Waals surface area contributed by atoms with Crippen LogP contribution in [0.4, 0.5) is 0 Å². The lowest BCUT2D eigenvalue weighted by molar-refractivity contribution is -0.130. The molecule has 0 bridgehead atoms. The average molecular weight is 438 g/mol. The van der Waals surface area contributed by atoms with Crippen LogP contribution in [0.3, 0.4) is 0 Å². The molecule has 1 aliphatic rings. The van der Waals surface area contributed by atoms with Crippen molar-refractivity contribution < 1.29 is 14.3 Å². The molecule has 1 atom stereocenters. The molecule has 136 valence electrons. The predicted molar refractivity (Wildman–Crippen MR) is 103 cm³/mol. The Balaban J connectivity index is 1.46. The van der Waals surface area contributed by atoms with Crippen molar-refractivity contribution in [3.8, 4) is 5.88 Å². The Hall–Kier alpha value is -1.92. The SMILES string of the molecule is O=C(CCC(=O)N1CC[C@@H](Oc2ccc(Br)cn2)C1)c1ccc(Cl)cc1. The maximum atomic E-state index is 12.4. The van der Waals surface area contributed by atoms with E-state index in [0.717, 1.165) is 10.9 Å². The number of ketones is 1. The maximum Gasteiger partial charge on any atom is 0.223 e. The molecule has 7 heteroatoms. The Morgan fingerprint density at radius 3 is 2.65 bits per heavy atom. The smallest absolute Gasteiger partial charge is 0.223 e. The van der Waals surface area contributed by atoms with E-state index in [-0.39, 0.29) is 30.6 Å². The number of carbonyl (C=O) groups excluding carboxylic acids is 2. The molecular weight excluding hydrogens is 420 g/mol. The summed E-state index contributed by atoms with van der Waals surface area (Å²) in [6, 6.07) is 10.4. The van der Waals surface area contributed by atoms with Gasteiger partial charge in [-0.15, -0.1) is 0 Å². The molecule has 1 aliphatic heterocycles. The number of benzene rings is 1. The Bertz CT molecular complexity index is 780. The molecule has 26 heavy (non-hydrogen) atoms. The summed E-state index contributed by atoms with van der Waals surface area (Å²) in [5.74, 6) is 0.466. The molecule has 0 N–H and O–H groups in total. The van der Waals surface area contributed by atoms with E-state index in [1.54, 1.807) is 41.4 Å². The van der Waals surface area contributed by atoms with Crippen LogP contribution >= 0.6 is 27.5 Å². The third-order valence-electron chi connectivity index (χ3n) is 4.22. The summed E-state index contributed by atoms with van der Waals surface area (Å²) in [6.45, 7) is 1.15. The third-order valence-corrected chi connectivity index (χ3v) is 4.94. The van der Waals surface area contributed by atoms with Crippen LogP contribution in [0.1, 0.15) is 29.6 Å². The molecule has 0 saturated carbocycles. The van der Waals surface area contributed by atoms with E-state index in [4.69, 9.17) is 16.3 Å².